The van der Waals surface area contributed by atoms with E-state index in [9.17, 15) is 0 Å². The molecule has 2 nitrogen and oxygen atoms in total. The van der Waals surface area contributed by atoms with Gasteiger partial charge in [-0.15, -0.1) is 22.9 Å². The molecule has 0 N–H and O–H groups in total. The maximum absolute atomic E-state index is 6.53. The normalized spacial score (nSPS) is 12.3. The van der Waals surface area contributed by atoms with E-state index in [1.54, 1.807) is 14.2 Å². The van der Waals surface area contributed by atoms with E-state index in [-0.39, 0.29) is 5.38 Å². The molecule has 2 rings (SSSR count). The lowest BCUT2D eigenvalue weighted by atomic mass is 10.1. The number of thiophene rings is 1. The molecule has 5 heteroatoms. The molecule has 1 atom stereocenters. The van der Waals surface area contributed by atoms with Gasteiger partial charge in [0, 0.05) is 16.5 Å². The van der Waals surface area contributed by atoms with Crippen LogP contribution in [0.4, 0.5) is 0 Å². The molecular formula is C14H14Cl2O2S. The van der Waals surface area contributed by atoms with Gasteiger partial charge in [-0.2, -0.15) is 0 Å². The monoisotopic (exact) mass is 316 g/mol. The van der Waals surface area contributed by atoms with Crippen molar-refractivity contribution in [2.24, 2.45) is 0 Å². The van der Waals surface area contributed by atoms with Crippen molar-refractivity contribution in [3.63, 3.8) is 0 Å². The third kappa shape index (κ3) is 2.99. The van der Waals surface area contributed by atoms with Crippen molar-refractivity contribution < 1.29 is 9.47 Å². The minimum Gasteiger partial charge on any atom is -0.497 e. The standard InChI is InChI=1S/C14H14Cl2O2S/c1-8-6-12(19-14(8)16)13(15)10-5-4-9(17-2)7-11(10)18-3/h4-7,13H,1-3H3. The van der Waals surface area contributed by atoms with Crippen LogP contribution in [0.15, 0.2) is 24.3 Å². The molecule has 0 saturated heterocycles. The SMILES string of the molecule is COc1ccc(C(Cl)c2cc(C)c(Cl)s2)c(OC)c1. The molecule has 0 aliphatic heterocycles. The number of rotatable bonds is 4. The van der Waals surface area contributed by atoms with Gasteiger partial charge in [0.25, 0.3) is 0 Å². The van der Waals surface area contributed by atoms with Crippen molar-refractivity contribution in [3.8, 4) is 11.5 Å². The third-order valence-corrected chi connectivity index (χ3v) is 5.06. The molecule has 0 spiro atoms. The Hall–Kier alpha value is -0.900. The number of aryl methyl sites for hydroxylation is 1. The van der Waals surface area contributed by atoms with Gasteiger partial charge in [-0.25, -0.2) is 0 Å². The molecule has 1 aromatic carbocycles. The molecule has 0 fully saturated rings. The first-order valence-electron chi connectivity index (χ1n) is 5.68. The Labute approximate surface area is 126 Å². The van der Waals surface area contributed by atoms with Crippen LogP contribution in [0.25, 0.3) is 0 Å². The van der Waals surface area contributed by atoms with Gasteiger partial charge in [0.05, 0.1) is 23.9 Å². The summed E-state index contributed by atoms with van der Waals surface area (Å²) in [5, 5.41) is -0.281. The quantitative estimate of drug-likeness (QED) is 0.734. The summed E-state index contributed by atoms with van der Waals surface area (Å²) in [5.41, 5.74) is 1.95. The second-order valence-electron chi connectivity index (χ2n) is 4.08. The van der Waals surface area contributed by atoms with Gasteiger partial charge < -0.3 is 9.47 Å². The van der Waals surface area contributed by atoms with Crippen LogP contribution in [0, 0.1) is 6.92 Å². The van der Waals surface area contributed by atoms with Crippen molar-refractivity contribution >= 4 is 34.5 Å². The van der Waals surface area contributed by atoms with Gasteiger partial charge in [-0.05, 0) is 30.7 Å². The first-order chi connectivity index (χ1) is 9.06. The lowest BCUT2D eigenvalue weighted by Crippen LogP contribution is -1.96. The summed E-state index contributed by atoms with van der Waals surface area (Å²) in [6.07, 6.45) is 0. The van der Waals surface area contributed by atoms with E-state index in [4.69, 9.17) is 32.7 Å². The summed E-state index contributed by atoms with van der Waals surface area (Å²) in [7, 11) is 3.24. The molecule has 0 saturated carbocycles. The van der Waals surface area contributed by atoms with Gasteiger partial charge in [-0.3, -0.25) is 0 Å². The third-order valence-electron chi connectivity index (χ3n) is 2.84. The first kappa shape index (κ1) is 14.5. The Balaban J connectivity index is 2.40. The molecule has 0 radical (unpaired) electrons. The van der Waals surface area contributed by atoms with Crippen molar-refractivity contribution in [3.05, 3.63) is 44.6 Å². The average Bonchev–Trinajstić information content (AvgIpc) is 2.77. The maximum Gasteiger partial charge on any atom is 0.127 e. The lowest BCUT2D eigenvalue weighted by molar-refractivity contribution is 0.391. The molecule has 102 valence electrons. The Morgan fingerprint density at radius 3 is 2.42 bits per heavy atom. The van der Waals surface area contributed by atoms with Crippen LogP contribution < -0.4 is 9.47 Å². The molecule has 1 heterocycles. The topological polar surface area (TPSA) is 18.5 Å². The molecule has 19 heavy (non-hydrogen) atoms. The minimum atomic E-state index is -0.281. The van der Waals surface area contributed by atoms with E-state index in [0.29, 0.717) is 5.75 Å². The Morgan fingerprint density at radius 1 is 1.16 bits per heavy atom. The number of hydrogen-bond acceptors (Lipinski definition) is 3. The van der Waals surface area contributed by atoms with Crippen molar-refractivity contribution in [2.75, 3.05) is 14.2 Å². The van der Waals surface area contributed by atoms with Gasteiger partial charge in [-0.1, -0.05) is 11.6 Å². The summed E-state index contributed by atoms with van der Waals surface area (Å²) < 4.78 is 11.3. The number of hydrogen-bond donors (Lipinski definition) is 0. The molecule has 0 aliphatic rings. The lowest BCUT2D eigenvalue weighted by Gasteiger charge is -2.14. The zero-order valence-corrected chi connectivity index (χ0v) is 13.2. The summed E-state index contributed by atoms with van der Waals surface area (Å²) in [6.45, 7) is 1.97. The highest BCUT2D eigenvalue weighted by Crippen LogP contribution is 2.41. The predicted octanol–water partition coefficient (Wildman–Crippen LogP) is 5.06. The maximum atomic E-state index is 6.53. The summed E-state index contributed by atoms with van der Waals surface area (Å²) >= 11 is 14.1. The van der Waals surface area contributed by atoms with E-state index in [1.807, 2.05) is 31.2 Å². The van der Waals surface area contributed by atoms with Gasteiger partial charge in [0.2, 0.25) is 0 Å². The molecule has 0 amide bonds. The summed E-state index contributed by atoms with van der Waals surface area (Å²) in [4.78, 5) is 1.01. The van der Waals surface area contributed by atoms with E-state index in [2.05, 4.69) is 0 Å². The van der Waals surface area contributed by atoms with Crippen LogP contribution in [0.3, 0.4) is 0 Å². The fourth-order valence-corrected chi connectivity index (χ4v) is 3.38. The molecule has 1 aromatic heterocycles. The molecule has 2 aromatic rings. The van der Waals surface area contributed by atoms with Gasteiger partial charge in [0.15, 0.2) is 0 Å². The van der Waals surface area contributed by atoms with Crippen LogP contribution in [0.1, 0.15) is 21.4 Å². The highest BCUT2D eigenvalue weighted by atomic mass is 35.5. The molecular weight excluding hydrogens is 303 g/mol. The van der Waals surface area contributed by atoms with E-state index >= 15 is 0 Å². The second kappa shape index (κ2) is 6.04. The molecule has 1 unspecified atom stereocenters. The van der Waals surface area contributed by atoms with E-state index in [0.717, 1.165) is 26.1 Å². The zero-order chi connectivity index (χ0) is 14.0. The minimum absolute atomic E-state index is 0.281. The average molecular weight is 317 g/mol. The zero-order valence-electron chi connectivity index (χ0n) is 10.9. The number of methoxy groups -OCH3 is 2. The Kier molecular flexibility index (Phi) is 4.61. The van der Waals surface area contributed by atoms with Crippen LogP contribution >= 0.6 is 34.5 Å². The van der Waals surface area contributed by atoms with Crippen LogP contribution in [0.5, 0.6) is 11.5 Å². The number of halogens is 2. The highest BCUT2D eigenvalue weighted by Gasteiger charge is 2.19. The smallest absolute Gasteiger partial charge is 0.127 e. The number of benzene rings is 1. The van der Waals surface area contributed by atoms with Gasteiger partial charge >= 0.3 is 0 Å². The molecule has 0 bridgehead atoms. The Bertz CT molecular complexity index is 561. The van der Waals surface area contributed by atoms with E-state index < -0.39 is 0 Å². The summed E-state index contributed by atoms with van der Waals surface area (Å²) in [5.74, 6) is 1.45. The summed E-state index contributed by atoms with van der Waals surface area (Å²) in [6, 6.07) is 7.62. The van der Waals surface area contributed by atoms with Crippen LogP contribution in [-0.2, 0) is 0 Å². The predicted molar refractivity (Wildman–Crippen MR) is 81.3 cm³/mol. The van der Waals surface area contributed by atoms with E-state index in [1.165, 1.54) is 11.3 Å². The van der Waals surface area contributed by atoms with Crippen molar-refractivity contribution in [1.29, 1.82) is 0 Å². The Morgan fingerprint density at radius 2 is 1.89 bits per heavy atom. The van der Waals surface area contributed by atoms with Crippen molar-refractivity contribution in [1.82, 2.24) is 0 Å². The molecule has 0 aliphatic carbocycles. The highest BCUT2D eigenvalue weighted by molar-refractivity contribution is 7.16. The second-order valence-corrected chi connectivity index (χ2v) is 6.20. The largest absolute Gasteiger partial charge is 0.497 e. The van der Waals surface area contributed by atoms with Gasteiger partial charge in [0.1, 0.15) is 11.5 Å². The first-order valence-corrected chi connectivity index (χ1v) is 7.31. The van der Waals surface area contributed by atoms with Crippen LogP contribution in [-0.4, -0.2) is 14.2 Å². The van der Waals surface area contributed by atoms with Crippen LogP contribution in [0.2, 0.25) is 4.34 Å². The fraction of sp³-hybridized carbons (Fsp3) is 0.286. The van der Waals surface area contributed by atoms with Crippen molar-refractivity contribution in [2.45, 2.75) is 12.3 Å². The number of alkyl halides is 1. The number of ether oxygens (including phenoxy) is 2. The fourth-order valence-electron chi connectivity index (χ4n) is 1.79.